The Morgan fingerprint density at radius 1 is 1.35 bits per heavy atom. The molecule has 1 heterocycles. The topological polar surface area (TPSA) is 85.1 Å². The molecule has 0 aliphatic heterocycles. The Hall–Kier alpha value is -1.31. The minimum Gasteiger partial charge on any atom is -0.398 e. The van der Waals surface area contributed by atoms with Crippen molar-refractivity contribution in [2.45, 2.75) is 5.75 Å². The van der Waals surface area contributed by atoms with Crippen LogP contribution in [-0.4, -0.2) is 13.4 Å². The molecule has 0 fully saturated rings. The van der Waals surface area contributed by atoms with Crippen molar-refractivity contribution >= 4 is 48.9 Å². The summed E-state index contributed by atoms with van der Waals surface area (Å²) in [5.74, 6) is -0.234. The van der Waals surface area contributed by atoms with E-state index in [2.05, 4.69) is 25.6 Å². The molecule has 106 valence electrons. The van der Waals surface area contributed by atoms with Gasteiger partial charge in [-0.3, -0.25) is 4.72 Å². The Morgan fingerprint density at radius 3 is 2.75 bits per heavy atom. The van der Waals surface area contributed by atoms with E-state index in [0.29, 0.717) is 15.7 Å². The number of nitrogen functional groups attached to an aromatic ring is 1. The number of pyridine rings is 1. The summed E-state index contributed by atoms with van der Waals surface area (Å²) in [7, 11) is -3.62. The summed E-state index contributed by atoms with van der Waals surface area (Å²) in [5.41, 5.74) is 6.91. The predicted molar refractivity (Wildman–Crippen MR) is 84.0 cm³/mol. The van der Waals surface area contributed by atoms with Crippen LogP contribution in [0.5, 0.6) is 0 Å². The van der Waals surface area contributed by atoms with Gasteiger partial charge in [0.1, 0.15) is 0 Å². The first-order valence-electron chi connectivity index (χ1n) is 5.52. The lowest BCUT2D eigenvalue weighted by Gasteiger charge is -2.10. The molecule has 0 aliphatic rings. The maximum atomic E-state index is 12.1. The number of hydrogen-bond donors (Lipinski definition) is 2. The molecule has 0 unspecified atom stereocenters. The van der Waals surface area contributed by atoms with Crippen LogP contribution in [-0.2, 0) is 15.8 Å². The first-order valence-corrected chi connectivity index (χ1v) is 8.34. The molecule has 0 aliphatic carbocycles. The smallest absolute Gasteiger partial charge is 0.237 e. The molecule has 0 amide bonds. The number of benzene rings is 1. The fourth-order valence-corrected chi connectivity index (χ4v) is 3.34. The number of nitrogens with two attached hydrogens (primary N) is 1. The highest BCUT2D eigenvalue weighted by atomic mass is 79.9. The second-order valence-electron chi connectivity index (χ2n) is 4.05. The quantitative estimate of drug-likeness (QED) is 0.634. The Morgan fingerprint density at radius 2 is 2.05 bits per heavy atom. The van der Waals surface area contributed by atoms with Crippen LogP contribution in [0.1, 0.15) is 5.56 Å². The van der Waals surface area contributed by atoms with Gasteiger partial charge in [0, 0.05) is 16.4 Å². The van der Waals surface area contributed by atoms with Crippen molar-refractivity contribution in [3.05, 3.63) is 51.7 Å². The Kier molecular flexibility index (Phi) is 4.52. The highest BCUT2D eigenvalue weighted by Gasteiger charge is 2.15. The molecular formula is C12H11BrClN3O2S. The van der Waals surface area contributed by atoms with E-state index in [1.807, 2.05) is 0 Å². The maximum absolute atomic E-state index is 12.1. The van der Waals surface area contributed by atoms with Gasteiger partial charge in [0.15, 0.2) is 5.15 Å². The fourth-order valence-electron chi connectivity index (χ4n) is 1.57. The summed E-state index contributed by atoms with van der Waals surface area (Å²) < 4.78 is 27.3. The highest BCUT2D eigenvalue weighted by Crippen LogP contribution is 2.25. The largest absolute Gasteiger partial charge is 0.398 e. The van der Waals surface area contributed by atoms with Gasteiger partial charge >= 0.3 is 0 Å². The molecule has 1 aromatic carbocycles. The van der Waals surface area contributed by atoms with Crippen LogP contribution in [0.2, 0.25) is 5.15 Å². The molecule has 2 aromatic rings. The normalized spacial score (nSPS) is 11.3. The molecule has 0 atom stereocenters. The van der Waals surface area contributed by atoms with E-state index in [1.165, 1.54) is 6.20 Å². The van der Waals surface area contributed by atoms with Gasteiger partial charge in [0.05, 0.1) is 11.4 Å². The minimum atomic E-state index is -3.62. The van der Waals surface area contributed by atoms with E-state index in [9.17, 15) is 8.42 Å². The van der Waals surface area contributed by atoms with Crippen LogP contribution in [0.15, 0.2) is 41.0 Å². The van der Waals surface area contributed by atoms with Gasteiger partial charge in [-0.2, -0.15) is 0 Å². The summed E-state index contributed by atoms with van der Waals surface area (Å²) in [6.07, 6.45) is 1.48. The van der Waals surface area contributed by atoms with Crippen molar-refractivity contribution in [2.75, 3.05) is 10.5 Å². The number of hydrogen-bond acceptors (Lipinski definition) is 4. The third-order valence-corrected chi connectivity index (χ3v) is 4.43. The van der Waals surface area contributed by atoms with Crippen molar-refractivity contribution < 1.29 is 8.42 Å². The van der Waals surface area contributed by atoms with Crippen molar-refractivity contribution in [3.8, 4) is 0 Å². The third-order valence-electron chi connectivity index (χ3n) is 2.47. The summed E-state index contributed by atoms with van der Waals surface area (Å²) >= 11 is 9.06. The van der Waals surface area contributed by atoms with Gasteiger partial charge in [-0.1, -0.05) is 29.8 Å². The van der Waals surface area contributed by atoms with Crippen molar-refractivity contribution in [3.63, 3.8) is 0 Å². The number of sulfonamides is 1. The summed E-state index contributed by atoms with van der Waals surface area (Å²) in [6, 6.07) is 8.33. The summed E-state index contributed by atoms with van der Waals surface area (Å²) in [4.78, 5) is 3.85. The lowest BCUT2D eigenvalue weighted by atomic mass is 10.2. The van der Waals surface area contributed by atoms with Crippen LogP contribution in [0.3, 0.4) is 0 Å². The van der Waals surface area contributed by atoms with Gasteiger partial charge in [-0.25, -0.2) is 13.4 Å². The third kappa shape index (κ3) is 3.84. The molecule has 20 heavy (non-hydrogen) atoms. The number of halogens is 2. The average Bonchev–Trinajstić information content (AvgIpc) is 2.36. The molecule has 1 aromatic heterocycles. The number of rotatable bonds is 4. The van der Waals surface area contributed by atoms with Crippen LogP contribution in [0.4, 0.5) is 11.4 Å². The first-order chi connectivity index (χ1) is 9.37. The zero-order valence-electron chi connectivity index (χ0n) is 10.2. The maximum Gasteiger partial charge on any atom is 0.237 e. The molecule has 2 rings (SSSR count). The van der Waals surface area contributed by atoms with Gasteiger partial charge in [0.2, 0.25) is 10.0 Å². The van der Waals surface area contributed by atoms with Crippen LogP contribution < -0.4 is 10.5 Å². The molecular weight excluding hydrogens is 366 g/mol. The van der Waals surface area contributed by atoms with Crippen LogP contribution >= 0.6 is 27.5 Å². The highest BCUT2D eigenvalue weighted by molar-refractivity contribution is 9.10. The number of nitrogens with zero attached hydrogens (tertiary/aromatic N) is 1. The second kappa shape index (κ2) is 5.99. The molecule has 5 nitrogen and oxygen atoms in total. The molecule has 8 heteroatoms. The molecule has 3 N–H and O–H groups in total. The summed E-state index contributed by atoms with van der Waals surface area (Å²) in [5, 5.41) is 0.0813. The zero-order valence-corrected chi connectivity index (χ0v) is 13.3. The van der Waals surface area contributed by atoms with Crippen molar-refractivity contribution in [2.24, 2.45) is 0 Å². The van der Waals surface area contributed by atoms with E-state index in [1.54, 1.807) is 30.3 Å². The van der Waals surface area contributed by atoms with Gasteiger partial charge in [-0.15, -0.1) is 0 Å². The Labute approximate surface area is 130 Å². The zero-order chi connectivity index (χ0) is 14.8. The van der Waals surface area contributed by atoms with Crippen molar-refractivity contribution in [1.29, 1.82) is 0 Å². The van der Waals surface area contributed by atoms with E-state index in [0.717, 1.165) is 0 Å². The molecule has 0 saturated carbocycles. The molecule has 0 saturated heterocycles. The van der Waals surface area contributed by atoms with Gasteiger partial charge in [-0.05, 0) is 33.6 Å². The van der Waals surface area contributed by atoms with E-state index < -0.39 is 10.0 Å². The second-order valence-corrected chi connectivity index (χ2v) is 7.05. The monoisotopic (exact) mass is 375 g/mol. The average molecular weight is 377 g/mol. The van der Waals surface area contributed by atoms with Crippen LogP contribution in [0.25, 0.3) is 0 Å². The molecule has 0 spiro atoms. The van der Waals surface area contributed by atoms with E-state index >= 15 is 0 Å². The SMILES string of the molecule is Nc1ccccc1CS(=O)(=O)Nc1cc(Br)cnc1Cl. The summed E-state index contributed by atoms with van der Waals surface area (Å²) in [6.45, 7) is 0. The number of para-hydroxylation sites is 1. The van der Waals surface area contributed by atoms with E-state index in [-0.39, 0.29) is 16.6 Å². The lowest BCUT2D eigenvalue weighted by molar-refractivity contribution is 0.600. The molecule has 0 radical (unpaired) electrons. The Bertz CT molecular complexity index is 737. The molecule has 0 bridgehead atoms. The van der Waals surface area contributed by atoms with E-state index in [4.69, 9.17) is 17.3 Å². The lowest BCUT2D eigenvalue weighted by Crippen LogP contribution is -2.16. The van der Waals surface area contributed by atoms with Gasteiger partial charge < -0.3 is 5.73 Å². The Balaban J connectivity index is 2.24. The van der Waals surface area contributed by atoms with Gasteiger partial charge in [0.25, 0.3) is 0 Å². The van der Waals surface area contributed by atoms with Crippen molar-refractivity contribution in [1.82, 2.24) is 4.98 Å². The predicted octanol–water partition coefficient (Wildman–Crippen LogP) is 3.02. The standard InChI is InChI=1S/C12H11BrClN3O2S/c13-9-5-11(12(14)16-6-9)17-20(18,19)7-8-3-1-2-4-10(8)15/h1-6,17H,7,15H2. The van der Waals surface area contributed by atoms with Crippen LogP contribution in [0, 0.1) is 0 Å². The number of nitrogens with one attached hydrogen (secondary N) is 1. The first kappa shape index (κ1) is 15.1. The number of anilines is 2. The minimum absolute atomic E-state index is 0.0813. The number of aromatic nitrogens is 1. The fraction of sp³-hybridized carbons (Fsp3) is 0.0833.